The summed E-state index contributed by atoms with van der Waals surface area (Å²) in [5.41, 5.74) is 1.19. The van der Waals surface area contributed by atoms with Gasteiger partial charge in [0.05, 0.1) is 4.47 Å². The molecular weight excluding hydrogens is 280 g/mol. The number of halogens is 1. The normalized spacial score (nSPS) is 16.5. The van der Waals surface area contributed by atoms with Crippen LogP contribution in [-0.4, -0.2) is 36.2 Å². The fourth-order valence-electron chi connectivity index (χ4n) is 2.14. The van der Waals surface area contributed by atoms with E-state index in [1.165, 1.54) is 31.5 Å². The molecule has 1 aliphatic heterocycles. The summed E-state index contributed by atoms with van der Waals surface area (Å²) in [4.78, 5) is 2.50. The molecule has 2 rings (SSSR count). The maximum atomic E-state index is 9.38. The Kier molecular flexibility index (Phi) is 4.83. The van der Waals surface area contributed by atoms with E-state index in [4.69, 9.17) is 0 Å². The van der Waals surface area contributed by atoms with Gasteiger partial charge in [-0.3, -0.25) is 0 Å². The standard InChI is InChI=1S/C13H19BrN2O/c14-12-9-11(3-4-13(12)17)10-15-5-8-16-6-1-2-7-16/h3-4,9,15,17H,1-2,5-8,10H2. The Morgan fingerprint density at radius 3 is 2.76 bits per heavy atom. The average Bonchev–Trinajstić information content (AvgIpc) is 2.82. The number of phenolic OH excluding ortho intramolecular Hbond substituents is 1. The van der Waals surface area contributed by atoms with Gasteiger partial charge in [-0.25, -0.2) is 0 Å². The zero-order valence-corrected chi connectivity index (χ0v) is 11.5. The topological polar surface area (TPSA) is 35.5 Å². The fraction of sp³-hybridized carbons (Fsp3) is 0.538. The van der Waals surface area contributed by atoms with Gasteiger partial charge in [0.15, 0.2) is 0 Å². The molecule has 1 aromatic carbocycles. The second-order valence-electron chi connectivity index (χ2n) is 4.51. The van der Waals surface area contributed by atoms with Gasteiger partial charge >= 0.3 is 0 Å². The van der Waals surface area contributed by atoms with E-state index in [1.807, 2.05) is 12.1 Å². The molecular formula is C13H19BrN2O. The van der Waals surface area contributed by atoms with Crippen molar-refractivity contribution in [3.8, 4) is 5.75 Å². The predicted octanol–water partition coefficient (Wildman–Crippen LogP) is 2.34. The summed E-state index contributed by atoms with van der Waals surface area (Å²) in [6.07, 6.45) is 2.70. The minimum Gasteiger partial charge on any atom is -0.507 e. The summed E-state index contributed by atoms with van der Waals surface area (Å²) in [6, 6.07) is 5.63. The summed E-state index contributed by atoms with van der Waals surface area (Å²) < 4.78 is 0.761. The van der Waals surface area contributed by atoms with Gasteiger partial charge in [-0.15, -0.1) is 0 Å². The summed E-state index contributed by atoms with van der Waals surface area (Å²) >= 11 is 3.32. The lowest BCUT2D eigenvalue weighted by atomic mass is 10.2. The number of rotatable bonds is 5. The molecule has 1 heterocycles. The van der Waals surface area contributed by atoms with Crippen LogP contribution in [0, 0.1) is 0 Å². The van der Waals surface area contributed by atoms with Crippen LogP contribution in [0.3, 0.4) is 0 Å². The molecule has 0 spiro atoms. The monoisotopic (exact) mass is 298 g/mol. The third kappa shape index (κ3) is 3.98. The molecule has 0 bridgehead atoms. The number of likely N-dealkylation sites (tertiary alicyclic amines) is 1. The third-order valence-electron chi connectivity index (χ3n) is 3.14. The Labute approximate surface area is 111 Å². The van der Waals surface area contributed by atoms with E-state index in [9.17, 15) is 5.11 Å². The minimum absolute atomic E-state index is 0.297. The molecule has 17 heavy (non-hydrogen) atoms. The highest BCUT2D eigenvalue weighted by molar-refractivity contribution is 9.10. The molecule has 0 unspecified atom stereocenters. The van der Waals surface area contributed by atoms with Crippen molar-refractivity contribution in [2.75, 3.05) is 26.2 Å². The molecule has 3 nitrogen and oxygen atoms in total. The largest absolute Gasteiger partial charge is 0.507 e. The van der Waals surface area contributed by atoms with Crippen LogP contribution in [0.4, 0.5) is 0 Å². The molecule has 1 fully saturated rings. The molecule has 0 aromatic heterocycles. The van der Waals surface area contributed by atoms with Gasteiger partial charge in [0.25, 0.3) is 0 Å². The molecule has 0 amide bonds. The van der Waals surface area contributed by atoms with Crippen molar-refractivity contribution < 1.29 is 5.11 Å². The molecule has 94 valence electrons. The van der Waals surface area contributed by atoms with Crippen molar-refractivity contribution in [1.29, 1.82) is 0 Å². The smallest absolute Gasteiger partial charge is 0.129 e. The molecule has 1 saturated heterocycles. The molecule has 4 heteroatoms. The first-order chi connectivity index (χ1) is 8.25. The Morgan fingerprint density at radius 1 is 1.29 bits per heavy atom. The van der Waals surface area contributed by atoms with E-state index < -0.39 is 0 Å². The SMILES string of the molecule is Oc1ccc(CNCCN2CCCC2)cc1Br. The Bertz CT molecular complexity index is 364. The summed E-state index contributed by atoms with van der Waals surface area (Å²) in [5.74, 6) is 0.297. The Morgan fingerprint density at radius 2 is 2.06 bits per heavy atom. The van der Waals surface area contributed by atoms with E-state index in [2.05, 4.69) is 26.1 Å². The number of hydrogen-bond donors (Lipinski definition) is 2. The summed E-state index contributed by atoms with van der Waals surface area (Å²) in [5, 5.41) is 12.8. The maximum absolute atomic E-state index is 9.38. The van der Waals surface area contributed by atoms with Gasteiger partial charge in [0.1, 0.15) is 5.75 Å². The van der Waals surface area contributed by atoms with Gasteiger partial charge in [-0.1, -0.05) is 6.07 Å². The van der Waals surface area contributed by atoms with Crippen LogP contribution in [0.1, 0.15) is 18.4 Å². The van der Waals surface area contributed by atoms with Crippen LogP contribution >= 0.6 is 15.9 Å². The van der Waals surface area contributed by atoms with Crippen molar-refractivity contribution in [1.82, 2.24) is 10.2 Å². The lowest BCUT2D eigenvalue weighted by Gasteiger charge is -2.14. The van der Waals surface area contributed by atoms with Crippen molar-refractivity contribution in [2.24, 2.45) is 0 Å². The quantitative estimate of drug-likeness (QED) is 0.819. The van der Waals surface area contributed by atoms with Crippen LogP contribution in [0.25, 0.3) is 0 Å². The van der Waals surface area contributed by atoms with E-state index in [1.54, 1.807) is 6.07 Å². The number of aromatic hydroxyl groups is 1. The Balaban J connectivity index is 1.68. The number of nitrogens with zero attached hydrogens (tertiary/aromatic N) is 1. The molecule has 0 saturated carbocycles. The lowest BCUT2D eigenvalue weighted by molar-refractivity contribution is 0.335. The zero-order chi connectivity index (χ0) is 12.1. The van der Waals surface area contributed by atoms with E-state index in [0.29, 0.717) is 5.75 Å². The van der Waals surface area contributed by atoms with Gasteiger partial charge in [-0.2, -0.15) is 0 Å². The van der Waals surface area contributed by atoms with Crippen molar-refractivity contribution in [2.45, 2.75) is 19.4 Å². The highest BCUT2D eigenvalue weighted by atomic mass is 79.9. The van der Waals surface area contributed by atoms with Crippen molar-refractivity contribution in [3.05, 3.63) is 28.2 Å². The number of benzene rings is 1. The Hall–Kier alpha value is -0.580. The molecule has 1 aliphatic rings. The minimum atomic E-state index is 0.297. The zero-order valence-electron chi connectivity index (χ0n) is 9.95. The second kappa shape index (κ2) is 6.38. The average molecular weight is 299 g/mol. The van der Waals surface area contributed by atoms with Crippen molar-refractivity contribution in [3.63, 3.8) is 0 Å². The molecule has 0 aliphatic carbocycles. The van der Waals surface area contributed by atoms with E-state index in [-0.39, 0.29) is 0 Å². The van der Waals surface area contributed by atoms with Crippen LogP contribution in [0.15, 0.2) is 22.7 Å². The van der Waals surface area contributed by atoms with Gasteiger partial charge in [0, 0.05) is 19.6 Å². The van der Waals surface area contributed by atoms with Crippen LogP contribution in [-0.2, 0) is 6.54 Å². The highest BCUT2D eigenvalue weighted by Crippen LogP contribution is 2.24. The summed E-state index contributed by atoms with van der Waals surface area (Å²) in [6.45, 7) is 5.53. The first kappa shape index (κ1) is 12.9. The maximum Gasteiger partial charge on any atom is 0.129 e. The lowest BCUT2D eigenvalue weighted by Crippen LogP contribution is -2.29. The highest BCUT2D eigenvalue weighted by Gasteiger charge is 2.09. The van der Waals surface area contributed by atoms with Gasteiger partial charge in [0.2, 0.25) is 0 Å². The van der Waals surface area contributed by atoms with Crippen LogP contribution < -0.4 is 5.32 Å². The van der Waals surface area contributed by atoms with Crippen molar-refractivity contribution >= 4 is 15.9 Å². The van der Waals surface area contributed by atoms with Crippen LogP contribution in [0.5, 0.6) is 5.75 Å². The van der Waals surface area contributed by atoms with Crippen LogP contribution in [0.2, 0.25) is 0 Å². The molecule has 0 radical (unpaired) electrons. The molecule has 1 aromatic rings. The number of hydrogen-bond acceptors (Lipinski definition) is 3. The first-order valence-corrected chi connectivity index (χ1v) is 6.95. The summed E-state index contributed by atoms with van der Waals surface area (Å²) in [7, 11) is 0. The molecule has 0 atom stereocenters. The third-order valence-corrected chi connectivity index (χ3v) is 3.78. The fourth-order valence-corrected chi connectivity index (χ4v) is 2.56. The predicted molar refractivity (Wildman–Crippen MR) is 73.2 cm³/mol. The van der Waals surface area contributed by atoms with E-state index in [0.717, 1.165) is 24.1 Å². The molecule has 2 N–H and O–H groups in total. The number of nitrogens with one attached hydrogen (secondary N) is 1. The van der Waals surface area contributed by atoms with Gasteiger partial charge < -0.3 is 15.3 Å². The second-order valence-corrected chi connectivity index (χ2v) is 5.37. The first-order valence-electron chi connectivity index (χ1n) is 6.16. The van der Waals surface area contributed by atoms with Gasteiger partial charge in [-0.05, 0) is 59.6 Å². The van der Waals surface area contributed by atoms with E-state index >= 15 is 0 Å². The number of phenols is 1.